The van der Waals surface area contributed by atoms with Crippen LogP contribution in [0, 0.1) is 0 Å². The molecule has 1 heteroatoms. The van der Waals surface area contributed by atoms with Crippen molar-refractivity contribution < 1.29 is 0 Å². The topological polar surface area (TPSA) is 0 Å². The van der Waals surface area contributed by atoms with Gasteiger partial charge >= 0.3 is 0 Å². The van der Waals surface area contributed by atoms with Crippen molar-refractivity contribution in [3.8, 4) is 0 Å². The van der Waals surface area contributed by atoms with Crippen LogP contribution in [-0.2, 0) is 0 Å². The maximum Gasteiger partial charge on any atom is 0.0447 e. The first-order chi connectivity index (χ1) is 5.84. The highest BCUT2D eigenvalue weighted by Gasteiger charge is 1.98. The summed E-state index contributed by atoms with van der Waals surface area (Å²) in [5.74, 6) is 0. The lowest BCUT2D eigenvalue weighted by Gasteiger charge is -2.04. The van der Waals surface area contributed by atoms with E-state index in [9.17, 15) is 0 Å². The molecular weight excluding hydrogens is 164 g/mol. The molecule has 1 aromatic rings. The van der Waals surface area contributed by atoms with Crippen LogP contribution in [0.4, 0.5) is 0 Å². The lowest BCUT2D eigenvalue weighted by molar-refractivity contribution is 1.17. The van der Waals surface area contributed by atoms with Gasteiger partial charge in [0.2, 0.25) is 0 Å². The third-order valence-corrected chi connectivity index (χ3v) is 2.17. The van der Waals surface area contributed by atoms with Gasteiger partial charge in [0.25, 0.3) is 0 Å². The Kier molecular flexibility index (Phi) is 3.95. The van der Waals surface area contributed by atoms with E-state index in [-0.39, 0.29) is 5.25 Å². The Morgan fingerprint density at radius 2 is 2.00 bits per heavy atom. The molecule has 1 unspecified atom stereocenters. The van der Waals surface area contributed by atoms with E-state index in [2.05, 4.69) is 43.8 Å². The van der Waals surface area contributed by atoms with Gasteiger partial charge < -0.3 is 0 Å². The summed E-state index contributed by atoms with van der Waals surface area (Å²) in [7, 11) is 0. The zero-order valence-electron chi connectivity index (χ0n) is 7.27. The molecule has 0 fully saturated rings. The summed E-state index contributed by atoms with van der Waals surface area (Å²) in [5.41, 5.74) is 1.26. The predicted octanol–water partition coefficient (Wildman–Crippen LogP) is 3.62. The molecule has 1 rings (SSSR count). The maximum absolute atomic E-state index is 4.47. The predicted molar refractivity (Wildman–Crippen MR) is 57.6 cm³/mol. The van der Waals surface area contributed by atoms with Crippen molar-refractivity contribution in [2.75, 3.05) is 0 Å². The Hall–Kier alpha value is -0.690. The number of allylic oxidation sites excluding steroid dienone is 1. The highest BCUT2D eigenvalue weighted by molar-refractivity contribution is 7.80. The van der Waals surface area contributed by atoms with E-state index < -0.39 is 0 Å². The van der Waals surface area contributed by atoms with Crippen LogP contribution in [0.3, 0.4) is 0 Å². The second kappa shape index (κ2) is 5.04. The van der Waals surface area contributed by atoms with Crippen LogP contribution in [0.1, 0.15) is 24.2 Å². The van der Waals surface area contributed by atoms with Crippen molar-refractivity contribution in [2.45, 2.75) is 18.6 Å². The molecule has 12 heavy (non-hydrogen) atoms. The number of benzene rings is 1. The number of rotatable bonds is 3. The van der Waals surface area contributed by atoms with Gasteiger partial charge in [-0.15, -0.1) is 0 Å². The van der Waals surface area contributed by atoms with E-state index in [1.165, 1.54) is 5.56 Å². The smallest absolute Gasteiger partial charge is 0.0447 e. The molecular formula is C11H14S. The van der Waals surface area contributed by atoms with Gasteiger partial charge in [-0.2, -0.15) is 12.6 Å². The van der Waals surface area contributed by atoms with E-state index >= 15 is 0 Å². The first-order valence-corrected chi connectivity index (χ1v) is 4.76. The summed E-state index contributed by atoms with van der Waals surface area (Å²) >= 11 is 4.47. The van der Waals surface area contributed by atoms with E-state index in [0.29, 0.717) is 0 Å². The molecule has 0 aromatic heterocycles. The second-order valence-corrected chi connectivity index (χ2v) is 3.25. The molecule has 64 valence electrons. The number of thiol groups is 1. The highest BCUT2D eigenvalue weighted by Crippen LogP contribution is 2.20. The van der Waals surface area contributed by atoms with Crippen molar-refractivity contribution in [1.29, 1.82) is 0 Å². The van der Waals surface area contributed by atoms with Gasteiger partial charge in [0.1, 0.15) is 0 Å². The summed E-state index contributed by atoms with van der Waals surface area (Å²) in [4.78, 5) is 0. The fourth-order valence-electron chi connectivity index (χ4n) is 1.03. The van der Waals surface area contributed by atoms with E-state index in [1.54, 1.807) is 0 Å². The van der Waals surface area contributed by atoms with Crippen LogP contribution in [0.2, 0.25) is 0 Å². The molecule has 0 aliphatic carbocycles. The van der Waals surface area contributed by atoms with Crippen molar-refractivity contribution in [3.63, 3.8) is 0 Å². The molecule has 0 spiro atoms. The van der Waals surface area contributed by atoms with Gasteiger partial charge in [0.05, 0.1) is 0 Å². The summed E-state index contributed by atoms with van der Waals surface area (Å²) in [6.45, 7) is 2.13. The summed E-state index contributed by atoms with van der Waals surface area (Å²) < 4.78 is 0. The van der Waals surface area contributed by atoms with Crippen LogP contribution < -0.4 is 0 Å². The van der Waals surface area contributed by atoms with Gasteiger partial charge in [-0.05, 0) is 12.0 Å². The molecule has 0 heterocycles. The molecule has 0 aliphatic rings. The van der Waals surface area contributed by atoms with Crippen LogP contribution in [0.25, 0.3) is 0 Å². The zero-order valence-corrected chi connectivity index (χ0v) is 8.17. The molecule has 0 N–H and O–H groups in total. The van der Waals surface area contributed by atoms with Crippen molar-refractivity contribution in [2.24, 2.45) is 0 Å². The van der Waals surface area contributed by atoms with E-state index in [0.717, 1.165) is 6.42 Å². The fraction of sp³-hybridized carbons (Fsp3) is 0.273. The minimum atomic E-state index is 0.242. The second-order valence-electron chi connectivity index (χ2n) is 2.69. The van der Waals surface area contributed by atoms with Crippen LogP contribution in [0.15, 0.2) is 42.5 Å². The molecule has 0 saturated carbocycles. The lowest BCUT2D eigenvalue weighted by atomic mass is 10.1. The van der Waals surface area contributed by atoms with Crippen LogP contribution in [-0.4, -0.2) is 0 Å². The first kappa shape index (κ1) is 9.40. The Balaban J connectivity index is 2.65. The van der Waals surface area contributed by atoms with Crippen LogP contribution >= 0.6 is 12.6 Å². The van der Waals surface area contributed by atoms with Crippen molar-refractivity contribution >= 4 is 12.6 Å². The Morgan fingerprint density at radius 3 is 2.58 bits per heavy atom. The maximum atomic E-state index is 4.47. The van der Waals surface area contributed by atoms with E-state index in [4.69, 9.17) is 0 Å². The summed E-state index contributed by atoms with van der Waals surface area (Å²) in [5, 5.41) is 0.242. The third-order valence-electron chi connectivity index (χ3n) is 1.70. The van der Waals surface area contributed by atoms with Gasteiger partial charge in [0, 0.05) is 5.25 Å². The minimum absolute atomic E-state index is 0.242. The average Bonchev–Trinajstić information content (AvgIpc) is 2.15. The van der Waals surface area contributed by atoms with Gasteiger partial charge in [-0.3, -0.25) is 0 Å². The quantitative estimate of drug-likeness (QED) is 0.530. The molecule has 0 radical (unpaired) electrons. The minimum Gasteiger partial charge on any atom is -0.167 e. The standard InChI is InChI=1S/C11H14S/c1-2-3-9-11(12)10-7-5-4-6-8-10/h3-9,11-12H,2H2,1H3/b9-3-. The fourth-order valence-corrected chi connectivity index (χ4v) is 1.32. The molecule has 0 bridgehead atoms. The average molecular weight is 178 g/mol. The Labute approximate surface area is 79.7 Å². The monoisotopic (exact) mass is 178 g/mol. The normalized spacial score (nSPS) is 13.5. The molecule has 1 aromatic carbocycles. The molecule has 1 atom stereocenters. The highest BCUT2D eigenvalue weighted by atomic mass is 32.1. The van der Waals surface area contributed by atoms with Gasteiger partial charge in [-0.25, -0.2) is 0 Å². The number of hydrogen-bond acceptors (Lipinski definition) is 1. The van der Waals surface area contributed by atoms with Gasteiger partial charge in [0.15, 0.2) is 0 Å². The lowest BCUT2D eigenvalue weighted by Crippen LogP contribution is -1.83. The van der Waals surface area contributed by atoms with E-state index in [1.807, 2.05) is 18.2 Å². The SMILES string of the molecule is CC/C=C\C(S)c1ccccc1. The number of hydrogen-bond donors (Lipinski definition) is 1. The molecule has 0 saturated heterocycles. The van der Waals surface area contributed by atoms with Crippen molar-refractivity contribution in [1.82, 2.24) is 0 Å². The Morgan fingerprint density at radius 1 is 1.33 bits per heavy atom. The molecule has 0 amide bonds. The summed E-state index contributed by atoms with van der Waals surface area (Å²) in [6, 6.07) is 10.3. The first-order valence-electron chi connectivity index (χ1n) is 4.24. The molecule has 0 aliphatic heterocycles. The molecule has 0 nitrogen and oxygen atoms in total. The van der Waals surface area contributed by atoms with Crippen molar-refractivity contribution in [3.05, 3.63) is 48.0 Å². The largest absolute Gasteiger partial charge is 0.167 e. The summed E-state index contributed by atoms with van der Waals surface area (Å²) in [6.07, 6.45) is 5.34. The zero-order chi connectivity index (χ0) is 8.81. The Bertz CT molecular complexity index is 238. The van der Waals surface area contributed by atoms with Crippen LogP contribution in [0.5, 0.6) is 0 Å². The third kappa shape index (κ3) is 2.74. The van der Waals surface area contributed by atoms with Gasteiger partial charge in [-0.1, -0.05) is 49.4 Å².